The molecule has 0 aliphatic rings. The second-order valence-corrected chi connectivity index (χ2v) is 10.4. The summed E-state index contributed by atoms with van der Waals surface area (Å²) >= 11 is 0. The highest BCUT2D eigenvalue weighted by atomic mass is 32.3. The van der Waals surface area contributed by atoms with Gasteiger partial charge in [0, 0.05) is 11.4 Å². The Labute approximate surface area is 163 Å². The highest BCUT2D eigenvalue weighted by molar-refractivity contribution is 8.14. The SMILES string of the molecule is CCS(=O)(=O)C(=C(Nc1ccc(F)cc1)Nc1ccc(F)cc1)S(=O)(=O)CC. The van der Waals surface area contributed by atoms with Gasteiger partial charge in [0.1, 0.15) is 17.5 Å². The van der Waals surface area contributed by atoms with Gasteiger partial charge in [-0.05, 0) is 48.5 Å². The molecular formula is C18H20F2N2O4S2. The maximum absolute atomic E-state index is 13.2. The molecule has 0 saturated carbocycles. The summed E-state index contributed by atoms with van der Waals surface area (Å²) in [6, 6.07) is 9.88. The fourth-order valence-electron chi connectivity index (χ4n) is 2.26. The zero-order valence-electron chi connectivity index (χ0n) is 15.2. The van der Waals surface area contributed by atoms with Crippen LogP contribution in [0.2, 0.25) is 0 Å². The van der Waals surface area contributed by atoms with Crippen molar-refractivity contribution in [2.24, 2.45) is 0 Å². The molecule has 152 valence electrons. The monoisotopic (exact) mass is 430 g/mol. The summed E-state index contributed by atoms with van der Waals surface area (Å²) in [6.45, 7) is 2.65. The third kappa shape index (κ3) is 5.29. The molecule has 0 atom stereocenters. The number of rotatable bonds is 8. The second-order valence-electron chi connectivity index (χ2n) is 5.73. The number of anilines is 2. The van der Waals surface area contributed by atoms with Crippen molar-refractivity contribution < 1.29 is 25.6 Å². The van der Waals surface area contributed by atoms with Crippen LogP contribution >= 0.6 is 0 Å². The van der Waals surface area contributed by atoms with Crippen molar-refractivity contribution >= 4 is 31.0 Å². The molecule has 10 heteroatoms. The van der Waals surface area contributed by atoms with Crippen LogP contribution < -0.4 is 10.6 Å². The molecule has 0 unspecified atom stereocenters. The summed E-state index contributed by atoms with van der Waals surface area (Å²) in [4.78, 5) is 0. The van der Waals surface area contributed by atoms with E-state index in [0.29, 0.717) is 0 Å². The molecule has 0 bridgehead atoms. The van der Waals surface area contributed by atoms with Crippen LogP contribution in [0.4, 0.5) is 20.2 Å². The van der Waals surface area contributed by atoms with E-state index in [-0.39, 0.29) is 17.2 Å². The lowest BCUT2D eigenvalue weighted by Crippen LogP contribution is -2.25. The van der Waals surface area contributed by atoms with Gasteiger partial charge in [0.2, 0.25) is 0 Å². The van der Waals surface area contributed by atoms with E-state index in [4.69, 9.17) is 0 Å². The average Bonchev–Trinajstić information content (AvgIpc) is 2.65. The Morgan fingerprint density at radius 1 is 0.714 bits per heavy atom. The fraction of sp³-hybridized carbons (Fsp3) is 0.222. The minimum atomic E-state index is -4.17. The van der Waals surface area contributed by atoms with E-state index in [2.05, 4.69) is 10.6 Å². The summed E-state index contributed by atoms with van der Waals surface area (Å²) in [5.74, 6) is -2.22. The van der Waals surface area contributed by atoms with Gasteiger partial charge in [-0.3, -0.25) is 0 Å². The third-order valence-corrected chi connectivity index (χ3v) is 8.34. The van der Waals surface area contributed by atoms with Gasteiger partial charge < -0.3 is 10.6 Å². The summed E-state index contributed by atoms with van der Waals surface area (Å²) in [5, 5.41) is 5.40. The first-order chi connectivity index (χ1) is 13.1. The first-order valence-corrected chi connectivity index (χ1v) is 11.6. The lowest BCUT2D eigenvalue weighted by Gasteiger charge is -2.19. The maximum Gasteiger partial charge on any atom is 0.199 e. The van der Waals surface area contributed by atoms with Crippen LogP contribution in [0.5, 0.6) is 0 Å². The summed E-state index contributed by atoms with van der Waals surface area (Å²) < 4.78 is 75.9. The van der Waals surface area contributed by atoms with Gasteiger partial charge in [0.05, 0.1) is 11.5 Å². The molecular weight excluding hydrogens is 410 g/mol. The zero-order valence-corrected chi connectivity index (χ0v) is 16.9. The first-order valence-electron chi connectivity index (χ1n) is 8.34. The van der Waals surface area contributed by atoms with Gasteiger partial charge in [0.15, 0.2) is 23.9 Å². The highest BCUT2D eigenvalue weighted by Crippen LogP contribution is 2.25. The van der Waals surface area contributed by atoms with E-state index in [1.54, 1.807) is 0 Å². The van der Waals surface area contributed by atoms with Crippen LogP contribution in [0.25, 0.3) is 0 Å². The molecule has 0 aromatic heterocycles. The maximum atomic E-state index is 13.2. The van der Waals surface area contributed by atoms with E-state index in [9.17, 15) is 25.6 Å². The molecule has 2 N–H and O–H groups in total. The molecule has 0 spiro atoms. The molecule has 2 aromatic carbocycles. The normalized spacial score (nSPS) is 11.7. The number of benzene rings is 2. The molecule has 0 saturated heterocycles. The average molecular weight is 430 g/mol. The highest BCUT2D eigenvalue weighted by Gasteiger charge is 2.32. The lowest BCUT2D eigenvalue weighted by molar-refractivity contribution is 0.595. The van der Waals surface area contributed by atoms with Gasteiger partial charge in [-0.15, -0.1) is 0 Å². The molecule has 0 aliphatic heterocycles. The Morgan fingerprint density at radius 3 is 1.32 bits per heavy atom. The van der Waals surface area contributed by atoms with Gasteiger partial charge in [-0.1, -0.05) is 13.8 Å². The lowest BCUT2D eigenvalue weighted by atomic mass is 10.3. The molecule has 6 nitrogen and oxygen atoms in total. The molecule has 2 rings (SSSR count). The van der Waals surface area contributed by atoms with E-state index in [1.165, 1.54) is 38.1 Å². The van der Waals surface area contributed by atoms with Crippen molar-refractivity contribution in [3.63, 3.8) is 0 Å². The van der Waals surface area contributed by atoms with E-state index in [0.717, 1.165) is 24.3 Å². The minimum absolute atomic E-state index is 0.265. The predicted molar refractivity (Wildman–Crippen MR) is 106 cm³/mol. The predicted octanol–water partition coefficient (Wildman–Crippen LogP) is 3.48. The van der Waals surface area contributed by atoms with Crippen molar-refractivity contribution in [3.05, 3.63) is 70.2 Å². The molecule has 0 fully saturated rings. The molecule has 2 aromatic rings. The van der Waals surface area contributed by atoms with Crippen molar-refractivity contribution in [3.8, 4) is 0 Å². The minimum Gasteiger partial charge on any atom is -0.340 e. The van der Waals surface area contributed by atoms with Crippen molar-refractivity contribution in [2.75, 3.05) is 22.1 Å². The Bertz CT molecular complexity index is 978. The number of hydrogen-bond donors (Lipinski definition) is 2. The van der Waals surface area contributed by atoms with Crippen molar-refractivity contribution in [1.82, 2.24) is 0 Å². The molecule has 0 radical (unpaired) electrons. The Balaban J connectivity index is 2.68. The summed E-state index contributed by atoms with van der Waals surface area (Å²) in [7, 11) is -8.33. The summed E-state index contributed by atoms with van der Waals surface area (Å²) in [5.41, 5.74) is 0.530. The van der Waals surface area contributed by atoms with Gasteiger partial charge in [0.25, 0.3) is 0 Å². The first kappa shape index (κ1) is 21.8. The molecule has 28 heavy (non-hydrogen) atoms. The zero-order chi connectivity index (χ0) is 20.9. The molecule has 0 heterocycles. The van der Waals surface area contributed by atoms with Gasteiger partial charge in [-0.2, -0.15) is 0 Å². The van der Waals surface area contributed by atoms with E-state index >= 15 is 0 Å². The fourth-order valence-corrected chi connectivity index (χ4v) is 5.86. The molecule has 0 aliphatic carbocycles. The number of nitrogens with one attached hydrogen (secondary N) is 2. The Morgan fingerprint density at radius 2 is 1.04 bits per heavy atom. The standard InChI is InChI=1S/C18H20F2N2O4S2/c1-3-27(23,24)18(28(25,26)4-2)17(21-15-9-5-13(19)6-10-15)22-16-11-7-14(20)8-12-16/h5-12,21-22H,3-4H2,1-2H3. The number of sulfone groups is 2. The topological polar surface area (TPSA) is 92.3 Å². The Kier molecular flexibility index (Phi) is 6.78. The van der Waals surface area contributed by atoms with Gasteiger partial charge >= 0.3 is 0 Å². The van der Waals surface area contributed by atoms with Crippen molar-refractivity contribution in [2.45, 2.75) is 13.8 Å². The largest absolute Gasteiger partial charge is 0.340 e. The van der Waals surface area contributed by atoms with Crippen LogP contribution in [-0.2, 0) is 19.7 Å². The number of halogens is 2. The smallest absolute Gasteiger partial charge is 0.199 e. The quantitative estimate of drug-likeness (QED) is 0.666. The van der Waals surface area contributed by atoms with Crippen LogP contribution in [0.15, 0.2) is 58.6 Å². The van der Waals surface area contributed by atoms with Gasteiger partial charge in [-0.25, -0.2) is 25.6 Å². The van der Waals surface area contributed by atoms with E-state index in [1.807, 2.05) is 0 Å². The summed E-state index contributed by atoms with van der Waals surface area (Å²) in [6.07, 6.45) is 0. The number of hydrogen-bond acceptors (Lipinski definition) is 6. The molecule has 0 amide bonds. The van der Waals surface area contributed by atoms with Crippen LogP contribution in [0.1, 0.15) is 13.8 Å². The van der Waals surface area contributed by atoms with E-state index < -0.39 is 47.1 Å². The third-order valence-electron chi connectivity index (χ3n) is 3.76. The van der Waals surface area contributed by atoms with Crippen LogP contribution in [0, 0.1) is 11.6 Å². The second kappa shape index (κ2) is 8.70. The van der Waals surface area contributed by atoms with Crippen LogP contribution in [0.3, 0.4) is 0 Å². The van der Waals surface area contributed by atoms with Crippen LogP contribution in [-0.4, -0.2) is 28.3 Å². The van der Waals surface area contributed by atoms with Crippen molar-refractivity contribution in [1.29, 1.82) is 0 Å². The Hall–Kier alpha value is -2.46.